The molecule has 194 valence electrons. The molecule has 37 heavy (non-hydrogen) atoms. The van der Waals surface area contributed by atoms with Gasteiger partial charge in [0.2, 0.25) is 0 Å². The zero-order valence-corrected chi connectivity index (χ0v) is 23.2. The number of nitrogens with zero attached hydrogens (tertiary/aromatic N) is 1. The van der Waals surface area contributed by atoms with E-state index in [9.17, 15) is 9.59 Å². The summed E-state index contributed by atoms with van der Waals surface area (Å²) in [5, 5.41) is 7.40. The molecular weight excluding hydrogens is 558 g/mol. The SMILES string of the molecule is COc1cc(/C=N/NC(=O)C(CC(C)C)NC(=O)c2ccc(Cl)cc2)cc(Br)c1OCc1ccccc1. The van der Waals surface area contributed by atoms with Gasteiger partial charge in [-0.3, -0.25) is 9.59 Å². The van der Waals surface area contributed by atoms with E-state index in [1.807, 2.05) is 50.2 Å². The number of nitrogens with one attached hydrogen (secondary N) is 2. The summed E-state index contributed by atoms with van der Waals surface area (Å²) in [5.74, 6) is 0.483. The monoisotopic (exact) mass is 585 g/mol. The van der Waals surface area contributed by atoms with Crippen molar-refractivity contribution in [3.05, 3.63) is 92.9 Å². The zero-order chi connectivity index (χ0) is 26.8. The lowest BCUT2D eigenvalue weighted by Gasteiger charge is -2.19. The predicted molar refractivity (Wildman–Crippen MR) is 149 cm³/mol. The first-order valence-electron chi connectivity index (χ1n) is 11.7. The second-order valence-electron chi connectivity index (χ2n) is 8.71. The maximum atomic E-state index is 12.8. The van der Waals surface area contributed by atoms with Crippen LogP contribution in [0.25, 0.3) is 0 Å². The van der Waals surface area contributed by atoms with Crippen LogP contribution in [0.4, 0.5) is 0 Å². The first-order chi connectivity index (χ1) is 17.8. The Hall–Kier alpha value is -3.36. The highest BCUT2D eigenvalue weighted by Crippen LogP contribution is 2.36. The molecule has 0 saturated carbocycles. The second kappa shape index (κ2) is 13.8. The Kier molecular flexibility index (Phi) is 10.5. The van der Waals surface area contributed by atoms with Crippen molar-refractivity contribution in [2.24, 2.45) is 11.0 Å². The van der Waals surface area contributed by atoms with E-state index in [4.69, 9.17) is 21.1 Å². The molecule has 7 nitrogen and oxygen atoms in total. The molecule has 0 heterocycles. The second-order valence-corrected chi connectivity index (χ2v) is 10.00. The Labute approximate surface area is 230 Å². The molecule has 0 fully saturated rings. The van der Waals surface area contributed by atoms with Gasteiger partial charge in [0.25, 0.3) is 11.8 Å². The number of halogens is 2. The molecule has 0 spiro atoms. The van der Waals surface area contributed by atoms with E-state index >= 15 is 0 Å². The molecule has 0 saturated heterocycles. The molecule has 0 bridgehead atoms. The first-order valence-corrected chi connectivity index (χ1v) is 12.9. The Morgan fingerprint density at radius 2 is 1.78 bits per heavy atom. The average Bonchev–Trinajstić information content (AvgIpc) is 2.88. The maximum absolute atomic E-state index is 12.8. The summed E-state index contributed by atoms with van der Waals surface area (Å²) >= 11 is 9.43. The number of carbonyl (C=O) groups is 2. The van der Waals surface area contributed by atoms with Crippen LogP contribution in [0, 0.1) is 5.92 Å². The van der Waals surface area contributed by atoms with E-state index in [0.717, 1.165) is 5.56 Å². The molecule has 0 aliphatic heterocycles. The van der Waals surface area contributed by atoms with Crippen molar-refractivity contribution in [3.63, 3.8) is 0 Å². The van der Waals surface area contributed by atoms with Gasteiger partial charge < -0.3 is 14.8 Å². The minimum atomic E-state index is -0.754. The molecule has 0 aliphatic rings. The fraction of sp³-hybridized carbons (Fsp3) is 0.250. The molecule has 2 amide bonds. The molecule has 1 unspecified atom stereocenters. The molecule has 0 aliphatic carbocycles. The van der Waals surface area contributed by atoms with E-state index in [1.165, 1.54) is 6.21 Å². The summed E-state index contributed by atoms with van der Waals surface area (Å²) in [6.45, 7) is 4.34. The molecule has 1 atom stereocenters. The van der Waals surface area contributed by atoms with E-state index < -0.39 is 11.9 Å². The van der Waals surface area contributed by atoms with Gasteiger partial charge in [0.1, 0.15) is 12.6 Å². The third-order valence-electron chi connectivity index (χ3n) is 5.30. The highest BCUT2D eigenvalue weighted by atomic mass is 79.9. The number of rotatable bonds is 11. The molecule has 3 aromatic carbocycles. The van der Waals surface area contributed by atoms with Gasteiger partial charge in [0.15, 0.2) is 11.5 Å². The van der Waals surface area contributed by atoms with Crippen molar-refractivity contribution in [3.8, 4) is 11.5 Å². The number of hydrazone groups is 1. The standard InChI is InChI=1S/C28H29BrClN3O4/c1-18(2)13-24(32-27(34)21-9-11-22(30)12-10-21)28(35)33-31-16-20-14-23(29)26(25(15-20)36-3)37-17-19-7-5-4-6-8-19/h4-12,14-16,18,24H,13,17H2,1-3H3,(H,32,34)(H,33,35)/b31-16+. The summed E-state index contributed by atoms with van der Waals surface area (Å²) in [6.07, 6.45) is 1.95. The minimum absolute atomic E-state index is 0.175. The molecule has 3 rings (SSSR count). The Balaban J connectivity index is 1.66. The smallest absolute Gasteiger partial charge is 0.262 e. The van der Waals surface area contributed by atoms with Crippen LogP contribution in [0.15, 0.2) is 76.3 Å². The van der Waals surface area contributed by atoms with Crippen LogP contribution >= 0.6 is 27.5 Å². The summed E-state index contributed by atoms with van der Waals surface area (Å²) in [5.41, 5.74) is 4.66. The van der Waals surface area contributed by atoms with Gasteiger partial charge in [-0.25, -0.2) is 5.43 Å². The molecule has 2 N–H and O–H groups in total. The van der Waals surface area contributed by atoms with Crippen LogP contribution in [-0.2, 0) is 11.4 Å². The summed E-state index contributed by atoms with van der Waals surface area (Å²) in [4.78, 5) is 25.5. The number of hydrogen-bond acceptors (Lipinski definition) is 5. The number of carbonyl (C=O) groups excluding carboxylic acids is 2. The van der Waals surface area contributed by atoms with Crippen LogP contribution in [-0.4, -0.2) is 31.2 Å². The van der Waals surface area contributed by atoms with E-state index in [2.05, 4.69) is 31.8 Å². The highest BCUT2D eigenvalue weighted by Gasteiger charge is 2.22. The van der Waals surface area contributed by atoms with E-state index in [0.29, 0.717) is 45.1 Å². The first kappa shape index (κ1) is 28.2. The van der Waals surface area contributed by atoms with Crippen molar-refractivity contribution < 1.29 is 19.1 Å². The van der Waals surface area contributed by atoms with Crippen molar-refractivity contribution in [1.82, 2.24) is 10.7 Å². The van der Waals surface area contributed by atoms with Gasteiger partial charge in [0, 0.05) is 10.6 Å². The largest absolute Gasteiger partial charge is 0.493 e. The number of amides is 2. The lowest BCUT2D eigenvalue weighted by atomic mass is 10.0. The minimum Gasteiger partial charge on any atom is -0.493 e. The number of methoxy groups -OCH3 is 1. The zero-order valence-electron chi connectivity index (χ0n) is 20.8. The number of hydrogen-bond donors (Lipinski definition) is 2. The molecular formula is C28H29BrClN3O4. The van der Waals surface area contributed by atoms with Crippen LogP contribution in [0.1, 0.15) is 41.8 Å². The summed E-state index contributed by atoms with van der Waals surface area (Å²) < 4.78 is 12.1. The van der Waals surface area contributed by atoms with Crippen LogP contribution < -0.4 is 20.2 Å². The van der Waals surface area contributed by atoms with E-state index in [1.54, 1.807) is 37.4 Å². The normalized spacial score (nSPS) is 11.8. The Morgan fingerprint density at radius 1 is 1.08 bits per heavy atom. The van der Waals surface area contributed by atoms with Crippen LogP contribution in [0.5, 0.6) is 11.5 Å². The van der Waals surface area contributed by atoms with Gasteiger partial charge in [0.05, 0.1) is 17.8 Å². The molecule has 3 aromatic rings. The van der Waals surface area contributed by atoms with Crippen molar-refractivity contribution >= 4 is 45.6 Å². The van der Waals surface area contributed by atoms with Gasteiger partial charge in [-0.05, 0) is 75.8 Å². The fourth-order valence-corrected chi connectivity index (χ4v) is 4.18. The summed E-state index contributed by atoms with van der Waals surface area (Å²) in [6, 6.07) is 19.1. The molecule has 0 aromatic heterocycles. The maximum Gasteiger partial charge on any atom is 0.262 e. The number of ether oxygens (including phenoxy) is 2. The number of benzene rings is 3. The average molecular weight is 587 g/mol. The third kappa shape index (κ3) is 8.61. The molecule has 9 heteroatoms. The quantitative estimate of drug-likeness (QED) is 0.214. The van der Waals surface area contributed by atoms with Crippen molar-refractivity contribution in [2.45, 2.75) is 32.9 Å². The van der Waals surface area contributed by atoms with Crippen LogP contribution in [0.2, 0.25) is 5.02 Å². The summed E-state index contributed by atoms with van der Waals surface area (Å²) in [7, 11) is 1.56. The van der Waals surface area contributed by atoms with Gasteiger partial charge >= 0.3 is 0 Å². The third-order valence-corrected chi connectivity index (χ3v) is 6.14. The fourth-order valence-electron chi connectivity index (χ4n) is 3.48. The van der Waals surface area contributed by atoms with Crippen molar-refractivity contribution in [2.75, 3.05) is 7.11 Å². The topological polar surface area (TPSA) is 89.0 Å². The van der Waals surface area contributed by atoms with Gasteiger partial charge in [-0.15, -0.1) is 0 Å². The Bertz CT molecular complexity index is 1230. The predicted octanol–water partition coefficient (Wildman–Crippen LogP) is 5.98. The van der Waals surface area contributed by atoms with Gasteiger partial charge in [-0.2, -0.15) is 5.10 Å². The lowest BCUT2D eigenvalue weighted by Crippen LogP contribution is -2.46. The Morgan fingerprint density at radius 3 is 2.43 bits per heavy atom. The van der Waals surface area contributed by atoms with Gasteiger partial charge in [-0.1, -0.05) is 55.8 Å². The molecule has 0 radical (unpaired) electrons. The van der Waals surface area contributed by atoms with Crippen molar-refractivity contribution in [1.29, 1.82) is 0 Å². The van der Waals surface area contributed by atoms with Crippen LogP contribution in [0.3, 0.4) is 0 Å². The van der Waals surface area contributed by atoms with E-state index in [-0.39, 0.29) is 11.8 Å². The highest BCUT2D eigenvalue weighted by molar-refractivity contribution is 9.10. The lowest BCUT2D eigenvalue weighted by molar-refractivity contribution is -0.123.